The fraction of sp³-hybridized carbons (Fsp3) is 0.161. The van der Waals surface area contributed by atoms with Crippen LogP contribution in [-0.2, 0) is 16.6 Å². The molecule has 0 bridgehead atoms. The van der Waals surface area contributed by atoms with Crippen LogP contribution in [0, 0.1) is 6.92 Å². The highest BCUT2D eigenvalue weighted by atomic mass is 32.2. The number of fused-ring (bicyclic) bond motifs is 1. The van der Waals surface area contributed by atoms with Crippen LogP contribution in [0.5, 0.6) is 0 Å². The van der Waals surface area contributed by atoms with E-state index in [0.717, 1.165) is 26.4 Å². The average Bonchev–Trinajstić information content (AvgIpc) is 3.36. The topological polar surface area (TPSA) is 79.4 Å². The van der Waals surface area contributed by atoms with Crippen LogP contribution in [0.1, 0.15) is 35.3 Å². The molecule has 0 aliphatic carbocycles. The van der Waals surface area contributed by atoms with Crippen LogP contribution in [0.4, 0.5) is 5.69 Å². The first kappa shape index (κ1) is 26.7. The van der Waals surface area contributed by atoms with Gasteiger partial charge in [0.25, 0.3) is 5.91 Å². The van der Waals surface area contributed by atoms with Crippen molar-refractivity contribution in [2.45, 2.75) is 38.3 Å². The molecule has 8 heteroatoms. The maximum Gasteiger partial charge on any atom is 0.255 e. The third kappa shape index (κ3) is 5.93. The molecule has 1 amide bonds. The van der Waals surface area contributed by atoms with Crippen LogP contribution in [0.25, 0.3) is 20.8 Å². The van der Waals surface area contributed by atoms with Gasteiger partial charge in [0.15, 0.2) is 0 Å². The molecule has 0 atom stereocenters. The number of rotatable bonds is 8. The van der Waals surface area contributed by atoms with Crippen molar-refractivity contribution < 1.29 is 13.2 Å². The highest BCUT2D eigenvalue weighted by molar-refractivity contribution is 7.89. The number of hydrogen-bond acceptors (Lipinski definition) is 5. The first-order chi connectivity index (χ1) is 18.7. The first-order valence-electron chi connectivity index (χ1n) is 12.7. The molecule has 4 aromatic carbocycles. The monoisotopic (exact) mass is 555 g/mol. The van der Waals surface area contributed by atoms with Gasteiger partial charge in [0.05, 0.1) is 15.1 Å². The maximum atomic E-state index is 13.4. The van der Waals surface area contributed by atoms with E-state index in [1.165, 1.54) is 22.0 Å². The van der Waals surface area contributed by atoms with Gasteiger partial charge in [-0.05, 0) is 92.6 Å². The van der Waals surface area contributed by atoms with Crippen molar-refractivity contribution >= 4 is 43.2 Å². The molecule has 0 aliphatic rings. The number of carbonyl (C=O) groups excluding carboxylic acids is 1. The fourth-order valence-corrected chi connectivity index (χ4v) is 6.97. The van der Waals surface area contributed by atoms with Gasteiger partial charge < -0.3 is 5.32 Å². The van der Waals surface area contributed by atoms with Crippen LogP contribution in [0.15, 0.2) is 102 Å². The van der Waals surface area contributed by atoms with Crippen LogP contribution >= 0.6 is 11.3 Å². The molecule has 0 fully saturated rings. The van der Waals surface area contributed by atoms with E-state index in [4.69, 9.17) is 4.98 Å². The molecule has 0 saturated heterocycles. The van der Waals surface area contributed by atoms with Gasteiger partial charge in [-0.15, -0.1) is 11.3 Å². The van der Waals surface area contributed by atoms with Gasteiger partial charge in [-0.3, -0.25) is 4.79 Å². The highest BCUT2D eigenvalue weighted by Crippen LogP contribution is 2.31. The molecule has 1 aromatic heterocycles. The summed E-state index contributed by atoms with van der Waals surface area (Å²) in [5.41, 5.74) is 5.08. The molecule has 6 nitrogen and oxygen atoms in total. The van der Waals surface area contributed by atoms with Crippen LogP contribution in [0.2, 0.25) is 0 Å². The molecule has 0 radical (unpaired) electrons. The lowest BCUT2D eigenvalue weighted by Crippen LogP contribution is -2.36. The smallest absolute Gasteiger partial charge is 0.255 e. The van der Waals surface area contributed by atoms with Crippen molar-refractivity contribution in [2.24, 2.45) is 0 Å². The molecule has 5 rings (SSSR count). The quantitative estimate of drug-likeness (QED) is 0.221. The summed E-state index contributed by atoms with van der Waals surface area (Å²) in [4.78, 5) is 17.7. The molecular formula is C31H29N3O3S2. The van der Waals surface area contributed by atoms with Gasteiger partial charge in [-0.2, -0.15) is 4.31 Å². The van der Waals surface area contributed by atoms with Crippen molar-refractivity contribution in [2.75, 3.05) is 5.32 Å². The Kier molecular flexibility index (Phi) is 7.61. The summed E-state index contributed by atoms with van der Waals surface area (Å²) in [6.07, 6.45) is 0. The summed E-state index contributed by atoms with van der Waals surface area (Å²) in [5.74, 6) is -0.313. The summed E-state index contributed by atoms with van der Waals surface area (Å²) in [6, 6.07) is 29.1. The zero-order valence-electron chi connectivity index (χ0n) is 22.0. The Morgan fingerprint density at radius 1 is 0.923 bits per heavy atom. The number of hydrogen-bond donors (Lipinski definition) is 1. The second-order valence-corrected chi connectivity index (χ2v) is 12.6. The van der Waals surface area contributed by atoms with Gasteiger partial charge in [-0.1, -0.05) is 36.4 Å². The second-order valence-electron chi connectivity index (χ2n) is 9.68. The summed E-state index contributed by atoms with van der Waals surface area (Å²) in [6.45, 7) is 6.04. The Hall–Kier alpha value is -3.85. The van der Waals surface area contributed by atoms with Crippen molar-refractivity contribution in [3.63, 3.8) is 0 Å². The number of nitrogens with one attached hydrogen (secondary N) is 1. The number of thiazole rings is 1. The number of aryl methyl sites for hydroxylation is 1. The van der Waals surface area contributed by atoms with Gasteiger partial charge in [0, 0.05) is 29.4 Å². The fourth-order valence-electron chi connectivity index (χ4n) is 4.28. The third-order valence-corrected chi connectivity index (χ3v) is 9.52. The molecule has 0 unspecified atom stereocenters. The van der Waals surface area contributed by atoms with Gasteiger partial charge in [-0.25, -0.2) is 13.4 Å². The van der Waals surface area contributed by atoms with E-state index in [0.29, 0.717) is 11.3 Å². The zero-order valence-corrected chi connectivity index (χ0v) is 23.6. The number of nitrogens with zero attached hydrogens (tertiary/aromatic N) is 2. The lowest BCUT2D eigenvalue weighted by molar-refractivity contribution is 0.102. The maximum absolute atomic E-state index is 13.4. The van der Waals surface area contributed by atoms with E-state index in [2.05, 4.69) is 24.4 Å². The Balaban J connectivity index is 1.28. The predicted octanol–water partition coefficient (Wildman–Crippen LogP) is 7.12. The molecular weight excluding hydrogens is 526 g/mol. The molecule has 39 heavy (non-hydrogen) atoms. The average molecular weight is 556 g/mol. The lowest BCUT2D eigenvalue weighted by atomic mass is 10.2. The van der Waals surface area contributed by atoms with E-state index in [1.54, 1.807) is 23.5 Å². The standard InChI is InChI=1S/C31H29N3O3S2/c1-21(2)34(20-23-7-5-4-6-8-23)39(36,37)27-16-12-24(13-17-27)30(35)32-26-14-10-25(11-15-26)31-33-28-18-9-22(3)19-29(28)38-31/h4-19,21H,20H2,1-3H3,(H,32,35). The van der Waals surface area contributed by atoms with Crippen molar-refractivity contribution in [1.29, 1.82) is 0 Å². The minimum Gasteiger partial charge on any atom is -0.322 e. The van der Waals surface area contributed by atoms with Gasteiger partial charge in [0.2, 0.25) is 10.0 Å². The minimum absolute atomic E-state index is 0.152. The molecule has 0 spiro atoms. The second kappa shape index (κ2) is 11.1. The number of benzene rings is 4. The van der Waals surface area contributed by atoms with E-state index in [1.807, 2.05) is 74.5 Å². The Morgan fingerprint density at radius 3 is 2.28 bits per heavy atom. The van der Waals surface area contributed by atoms with Crippen LogP contribution in [0.3, 0.4) is 0 Å². The summed E-state index contributed by atoms with van der Waals surface area (Å²) in [7, 11) is -3.75. The molecule has 1 N–H and O–H groups in total. The van der Waals surface area contributed by atoms with E-state index >= 15 is 0 Å². The molecule has 198 valence electrons. The van der Waals surface area contributed by atoms with E-state index < -0.39 is 10.0 Å². The van der Waals surface area contributed by atoms with E-state index in [-0.39, 0.29) is 23.4 Å². The van der Waals surface area contributed by atoms with Crippen molar-refractivity contribution in [3.05, 3.63) is 114 Å². The zero-order chi connectivity index (χ0) is 27.6. The summed E-state index contributed by atoms with van der Waals surface area (Å²) >= 11 is 1.64. The summed E-state index contributed by atoms with van der Waals surface area (Å²) < 4.78 is 29.4. The van der Waals surface area contributed by atoms with Crippen molar-refractivity contribution in [1.82, 2.24) is 9.29 Å². The largest absolute Gasteiger partial charge is 0.322 e. The lowest BCUT2D eigenvalue weighted by Gasteiger charge is -2.26. The SMILES string of the molecule is Cc1ccc2nc(-c3ccc(NC(=O)c4ccc(S(=O)(=O)N(Cc5ccccc5)C(C)C)cc4)cc3)sc2c1. The van der Waals surface area contributed by atoms with Gasteiger partial charge in [0.1, 0.15) is 5.01 Å². The van der Waals surface area contributed by atoms with Gasteiger partial charge >= 0.3 is 0 Å². The van der Waals surface area contributed by atoms with Crippen molar-refractivity contribution in [3.8, 4) is 10.6 Å². The molecule has 1 heterocycles. The third-order valence-electron chi connectivity index (χ3n) is 6.41. The minimum atomic E-state index is -3.75. The van der Waals surface area contributed by atoms with E-state index in [9.17, 15) is 13.2 Å². The number of anilines is 1. The molecule has 0 aliphatic heterocycles. The first-order valence-corrected chi connectivity index (χ1v) is 14.9. The number of sulfonamides is 1. The Morgan fingerprint density at radius 2 is 1.62 bits per heavy atom. The summed E-state index contributed by atoms with van der Waals surface area (Å²) in [5, 5.41) is 3.81. The number of aromatic nitrogens is 1. The molecule has 0 saturated carbocycles. The molecule has 5 aromatic rings. The number of carbonyl (C=O) groups is 1. The van der Waals surface area contributed by atoms with Crippen LogP contribution in [-0.4, -0.2) is 29.7 Å². The Bertz CT molecular complexity index is 1710. The predicted molar refractivity (Wildman–Crippen MR) is 158 cm³/mol. The van der Waals surface area contributed by atoms with Crippen LogP contribution < -0.4 is 5.32 Å². The number of amides is 1. The highest BCUT2D eigenvalue weighted by Gasteiger charge is 2.27. The Labute approximate surface area is 233 Å². The normalized spacial score (nSPS) is 11.8.